The molecular weight excluding hydrogens is 953 g/mol. The molecule has 12 nitrogen and oxygen atoms in total. The van der Waals surface area contributed by atoms with Gasteiger partial charge in [0.2, 0.25) is 15.9 Å². The number of pyridine rings is 1. The van der Waals surface area contributed by atoms with Crippen molar-refractivity contribution in [1.29, 1.82) is 0 Å². The van der Waals surface area contributed by atoms with Gasteiger partial charge in [0.15, 0.2) is 15.7 Å². The average Bonchev–Trinajstić information content (AvgIpc) is 4.14. The molecule has 24 heteroatoms. The fraction of sp³-hybridized carbons (Fsp3) is 0.476. The lowest BCUT2D eigenvalue weighted by Gasteiger charge is -2.26. The number of hydrogen-bond acceptors (Lipinski definition) is 9. The number of sulfone groups is 1. The number of nitrogens with zero attached hydrogens (tertiary/aromatic N) is 4. The summed E-state index contributed by atoms with van der Waals surface area (Å²) in [6.07, 6.45) is -8.92. The second kappa shape index (κ2) is 18.0. The van der Waals surface area contributed by atoms with Crippen molar-refractivity contribution in [2.75, 3.05) is 11.3 Å². The number of amides is 1. The molecule has 3 aliphatic rings. The SMILES string of the molecule is CC(C)(CCc1ccc(-c2ccc(Cl)c3c(NS(=O)(=O)C4CC4)nn(CC(F)F)c23)c([C@H](Cc2cc(F)cc(F)c2)NC(=O)CN=C2C(=C(N)C(F)(F)F)CCC2(F)F)n1)S(=O)(=O)C1CC1. The smallest absolute Gasteiger partial charge is 0.394 e. The molecule has 0 saturated heterocycles. The monoisotopic (exact) mass is 995 g/mol. The molecule has 1 amide bonds. The number of fused-ring (bicyclic) bond motifs is 1. The summed E-state index contributed by atoms with van der Waals surface area (Å²) in [6.45, 7) is 0.828. The van der Waals surface area contributed by atoms with Gasteiger partial charge >= 0.3 is 6.18 Å². The van der Waals surface area contributed by atoms with Crippen LogP contribution in [0, 0.1) is 11.6 Å². The summed E-state index contributed by atoms with van der Waals surface area (Å²) in [5, 5.41) is 5.21. The minimum absolute atomic E-state index is 0.00754. The Bertz CT molecular complexity index is 2840. The number of alkyl halides is 7. The number of benzene rings is 2. The number of aryl methyl sites for hydroxylation is 1. The first-order chi connectivity index (χ1) is 30.7. The Kier molecular flexibility index (Phi) is 13.3. The van der Waals surface area contributed by atoms with Gasteiger partial charge < -0.3 is 11.1 Å². The molecule has 0 unspecified atom stereocenters. The van der Waals surface area contributed by atoms with E-state index in [4.69, 9.17) is 22.3 Å². The number of anilines is 1. The van der Waals surface area contributed by atoms with Crippen LogP contribution in [0.25, 0.3) is 22.0 Å². The van der Waals surface area contributed by atoms with E-state index in [1.165, 1.54) is 24.3 Å². The van der Waals surface area contributed by atoms with Crippen molar-refractivity contribution in [1.82, 2.24) is 20.1 Å². The predicted octanol–water partition coefficient (Wildman–Crippen LogP) is 8.53. The predicted molar refractivity (Wildman–Crippen MR) is 229 cm³/mol. The van der Waals surface area contributed by atoms with Crippen molar-refractivity contribution >= 4 is 59.8 Å². The highest BCUT2D eigenvalue weighted by Crippen LogP contribution is 2.43. The standard InChI is InChI=1S/C42H43ClF9N7O5S2/c1-40(2,65(61,62)25-4-5-25)13-11-24-3-8-27(28-9-10-30(43)34-36(28)59(20-32(46)47)57-39(34)58-66(63,64)26-6-7-26)35(55-24)31(17-21-15-22(44)18-23(45)16-21)56-33(60)19-54-38-29(12-14-41(38,48)49)37(53)42(50,51)52/h3,8-10,15-16,18,25-26,31-32H,4-7,11-14,17,19-20,53H2,1-2H3,(H,56,60)(H,57,58)/t31-/m0/s1. The zero-order valence-corrected chi connectivity index (χ0v) is 37.5. The van der Waals surface area contributed by atoms with Crippen LogP contribution in [0.15, 0.2) is 58.7 Å². The summed E-state index contributed by atoms with van der Waals surface area (Å²) in [6, 6.07) is 6.49. The van der Waals surface area contributed by atoms with E-state index in [2.05, 4.69) is 20.1 Å². The third kappa shape index (κ3) is 10.5. The molecule has 4 N–H and O–H groups in total. The van der Waals surface area contributed by atoms with E-state index in [0.717, 1.165) is 16.8 Å². The molecule has 4 aromatic rings. The second-order valence-electron chi connectivity index (χ2n) is 17.2. The van der Waals surface area contributed by atoms with Crippen LogP contribution in [0.2, 0.25) is 5.02 Å². The molecule has 2 heterocycles. The maximum atomic E-state index is 15.0. The first-order valence-corrected chi connectivity index (χ1v) is 24.1. The lowest BCUT2D eigenvalue weighted by Crippen LogP contribution is -2.35. The first kappa shape index (κ1) is 49.0. The first-order valence-electron chi connectivity index (χ1n) is 20.6. The molecule has 1 atom stereocenters. The molecule has 2 aromatic carbocycles. The fourth-order valence-corrected chi connectivity index (χ4v) is 11.6. The van der Waals surface area contributed by atoms with E-state index in [9.17, 15) is 61.1 Å². The summed E-state index contributed by atoms with van der Waals surface area (Å²) >= 11 is 6.63. The van der Waals surface area contributed by atoms with Crippen LogP contribution in [-0.2, 0) is 44.0 Å². The summed E-state index contributed by atoms with van der Waals surface area (Å²) in [7, 11) is -7.65. The lowest BCUT2D eigenvalue weighted by molar-refractivity contribution is -0.120. The van der Waals surface area contributed by atoms with Gasteiger partial charge in [-0.25, -0.2) is 34.4 Å². The number of halogens is 10. The van der Waals surface area contributed by atoms with Crippen molar-refractivity contribution in [3.05, 3.63) is 87.3 Å². The highest BCUT2D eigenvalue weighted by atomic mass is 35.5. The van der Waals surface area contributed by atoms with Gasteiger partial charge in [-0.15, -0.1) is 0 Å². The van der Waals surface area contributed by atoms with E-state index < -0.39 is 127 Å². The number of aromatic nitrogens is 3. The third-order valence-corrected chi connectivity index (χ3v) is 16.9. The number of aliphatic imine (C=N–C) groups is 1. The fourth-order valence-electron chi connectivity index (χ4n) is 7.93. The molecule has 358 valence electrons. The molecule has 0 aliphatic heterocycles. The molecule has 0 radical (unpaired) electrons. The van der Waals surface area contributed by atoms with Crippen LogP contribution in [-0.4, -0.2) is 83.5 Å². The van der Waals surface area contributed by atoms with E-state index >= 15 is 0 Å². The lowest BCUT2D eigenvalue weighted by atomic mass is 9.93. The van der Waals surface area contributed by atoms with E-state index in [0.29, 0.717) is 31.7 Å². The van der Waals surface area contributed by atoms with Crippen LogP contribution in [0.4, 0.5) is 45.3 Å². The van der Waals surface area contributed by atoms with E-state index in [1.54, 1.807) is 13.8 Å². The van der Waals surface area contributed by atoms with E-state index in [1.807, 2.05) is 0 Å². The van der Waals surface area contributed by atoms with Gasteiger partial charge in [0.1, 0.15) is 36.1 Å². The number of carbonyl (C=O) groups excluding carboxylic acids is 1. The summed E-state index contributed by atoms with van der Waals surface area (Å²) in [4.78, 5) is 22.2. The van der Waals surface area contributed by atoms with Crippen LogP contribution in [0.5, 0.6) is 0 Å². The Hall–Kier alpha value is -4.90. The molecular formula is C42H43ClF9N7O5S2. The highest BCUT2D eigenvalue weighted by Gasteiger charge is 2.49. The maximum Gasteiger partial charge on any atom is 0.431 e. The molecule has 0 spiro atoms. The zero-order valence-electron chi connectivity index (χ0n) is 35.1. The highest BCUT2D eigenvalue weighted by molar-refractivity contribution is 7.93. The molecule has 3 saturated carbocycles. The molecule has 66 heavy (non-hydrogen) atoms. The number of nitrogens with two attached hydrogens (primary N) is 1. The largest absolute Gasteiger partial charge is 0.431 e. The van der Waals surface area contributed by atoms with Crippen LogP contribution >= 0.6 is 11.6 Å². The minimum atomic E-state index is -5.20. The number of allylic oxidation sites excluding steroid dienone is 2. The van der Waals surface area contributed by atoms with Crippen LogP contribution in [0.3, 0.4) is 0 Å². The van der Waals surface area contributed by atoms with Gasteiger partial charge in [-0.1, -0.05) is 23.7 Å². The Labute approximate surface area is 378 Å². The summed E-state index contributed by atoms with van der Waals surface area (Å²) < 4.78 is 183. The van der Waals surface area contributed by atoms with Gasteiger partial charge in [0.05, 0.1) is 42.9 Å². The van der Waals surface area contributed by atoms with Gasteiger partial charge in [0.25, 0.3) is 12.3 Å². The number of rotatable bonds is 17. The molecule has 0 bridgehead atoms. The van der Waals surface area contributed by atoms with E-state index in [-0.39, 0.29) is 62.7 Å². The van der Waals surface area contributed by atoms with Gasteiger partial charge in [-0.05, 0) is 95.0 Å². The van der Waals surface area contributed by atoms with Crippen molar-refractivity contribution in [2.45, 2.75) is 118 Å². The van der Waals surface area contributed by atoms with Gasteiger partial charge in [0, 0.05) is 34.9 Å². The van der Waals surface area contributed by atoms with Crippen molar-refractivity contribution in [2.24, 2.45) is 10.7 Å². The van der Waals surface area contributed by atoms with Crippen molar-refractivity contribution in [3.63, 3.8) is 0 Å². The topological polar surface area (TPSA) is 178 Å². The van der Waals surface area contributed by atoms with Gasteiger partial charge in [-0.2, -0.15) is 27.1 Å². The quantitative estimate of drug-likeness (QED) is 0.0882. The van der Waals surface area contributed by atoms with Crippen LogP contribution < -0.4 is 15.8 Å². The molecule has 2 aromatic heterocycles. The normalized spacial score (nSPS) is 18.9. The summed E-state index contributed by atoms with van der Waals surface area (Å²) in [5.74, 6) is -7.54. The second-order valence-corrected chi connectivity index (χ2v) is 22.4. The van der Waals surface area contributed by atoms with Crippen LogP contribution in [0.1, 0.15) is 81.8 Å². The number of nitrogens with one attached hydrogen (secondary N) is 2. The minimum Gasteiger partial charge on any atom is -0.394 e. The van der Waals surface area contributed by atoms with Gasteiger partial charge in [-0.3, -0.25) is 24.2 Å². The average molecular weight is 996 g/mol. The zero-order chi connectivity index (χ0) is 48.3. The molecule has 3 aliphatic carbocycles. The molecule has 3 fully saturated rings. The number of sulfonamides is 1. The number of hydrogen-bond donors (Lipinski definition) is 3. The Morgan fingerprint density at radius 1 is 0.985 bits per heavy atom. The third-order valence-electron chi connectivity index (χ3n) is 11.7. The number of carbonyl (C=O) groups is 1. The molecule has 7 rings (SSSR count). The van der Waals surface area contributed by atoms with Crippen molar-refractivity contribution in [3.8, 4) is 11.1 Å². The summed E-state index contributed by atoms with van der Waals surface area (Å²) in [5.41, 5.74) is 0.916. The Morgan fingerprint density at radius 2 is 1.62 bits per heavy atom. The Morgan fingerprint density at radius 3 is 2.23 bits per heavy atom. The maximum absolute atomic E-state index is 15.0. The van der Waals surface area contributed by atoms with Crippen molar-refractivity contribution < 1.29 is 61.1 Å². The Balaban J connectivity index is 1.39.